The first-order valence-electron chi connectivity index (χ1n) is 11.3. The lowest BCUT2D eigenvalue weighted by Gasteiger charge is -2.35. The molecular formula is C26H27N5O3. The van der Waals surface area contributed by atoms with E-state index in [0.29, 0.717) is 54.5 Å². The van der Waals surface area contributed by atoms with Crippen molar-refractivity contribution in [3.05, 3.63) is 77.5 Å². The van der Waals surface area contributed by atoms with Gasteiger partial charge in [0.15, 0.2) is 5.75 Å². The number of fused-ring (bicyclic) bond motifs is 2. The first-order chi connectivity index (χ1) is 16.5. The van der Waals surface area contributed by atoms with Crippen LogP contribution in [0.15, 0.2) is 60.8 Å². The summed E-state index contributed by atoms with van der Waals surface area (Å²) in [4.78, 5) is 36.7. The summed E-state index contributed by atoms with van der Waals surface area (Å²) in [5.74, 6) is 1.56. The van der Waals surface area contributed by atoms with E-state index >= 15 is 0 Å². The molecule has 1 aromatic heterocycles. The van der Waals surface area contributed by atoms with Gasteiger partial charge in [0.25, 0.3) is 11.8 Å². The number of ether oxygens (including phenoxy) is 1. The van der Waals surface area contributed by atoms with E-state index in [2.05, 4.69) is 26.2 Å². The lowest BCUT2D eigenvalue weighted by molar-refractivity contribution is 0.0746. The van der Waals surface area contributed by atoms with E-state index in [1.165, 1.54) is 5.56 Å². The van der Waals surface area contributed by atoms with Gasteiger partial charge in [0.2, 0.25) is 0 Å². The molecule has 0 spiro atoms. The molecule has 34 heavy (non-hydrogen) atoms. The summed E-state index contributed by atoms with van der Waals surface area (Å²) >= 11 is 0. The monoisotopic (exact) mass is 457 g/mol. The predicted octanol–water partition coefficient (Wildman–Crippen LogP) is 3.46. The number of carbonyl (C=O) groups excluding carboxylic acids is 2. The Labute approximate surface area is 198 Å². The molecule has 1 N–H and O–H groups in total. The zero-order valence-electron chi connectivity index (χ0n) is 19.3. The van der Waals surface area contributed by atoms with E-state index in [1.54, 1.807) is 30.3 Å². The smallest absolute Gasteiger partial charge is 0.259 e. The number of hydrogen-bond acceptors (Lipinski definition) is 6. The molecule has 174 valence electrons. The number of nitrogens with one attached hydrogen (secondary N) is 1. The van der Waals surface area contributed by atoms with Crippen LogP contribution in [0.5, 0.6) is 11.5 Å². The Bertz CT molecular complexity index is 1220. The van der Waals surface area contributed by atoms with Gasteiger partial charge in [-0.25, -0.2) is 4.98 Å². The Hall–Kier alpha value is -3.91. The number of nitrogens with zero attached hydrogens (tertiary/aromatic N) is 4. The van der Waals surface area contributed by atoms with Gasteiger partial charge in [0.05, 0.1) is 11.3 Å². The minimum absolute atomic E-state index is 0.0914. The highest BCUT2D eigenvalue weighted by molar-refractivity contribution is 6.09. The fraction of sp³-hybridized carbons (Fsp3) is 0.269. The summed E-state index contributed by atoms with van der Waals surface area (Å²) in [7, 11) is 4.07. The molecule has 3 aromatic rings. The zero-order chi connectivity index (χ0) is 23.7. The van der Waals surface area contributed by atoms with Gasteiger partial charge in [0, 0.05) is 44.5 Å². The second kappa shape index (κ2) is 9.15. The van der Waals surface area contributed by atoms with Gasteiger partial charge >= 0.3 is 0 Å². The number of rotatable bonds is 4. The van der Waals surface area contributed by atoms with Gasteiger partial charge < -0.3 is 24.8 Å². The molecule has 0 saturated carbocycles. The highest BCUT2D eigenvalue weighted by atomic mass is 16.5. The largest absolute Gasteiger partial charge is 0.454 e. The predicted molar refractivity (Wildman–Crippen MR) is 131 cm³/mol. The lowest BCUT2D eigenvalue weighted by Crippen LogP contribution is -2.49. The van der Waals surface area contributed by atoms with Crippen LogP contribution in [0, 0.1) is 0 Å². The van der Waals surface area contributed by atoms with E-state index < -0.39 is 0 Å². The summed E-state index contributed by atoms with van der Waals surface area (Å²) < 4.78 is 5.92. The molecule has 0 unspecified atom stereocenters. The Morgan fingerprint density at radius 1 is 1.03 bits per heavy atom. The third kappa shape index (κ3) is 4.45. The molecule has 0 atom stereocenters. The number of amides is 2. The van der Waals surface area contributed by atoms with Gasteiger partial charge in [-0.15, -0.1) is 0 Å². The SMILES string of the molecule is CN(C)Cc1ccc(N2CCN(C(=O)c3ccc4c(c3)C(=O)Nc3ccccc3O4)CC2)nc1. The van der Waals surface area contributed by atoms with E-state index in [-0.39, 0.29) is 11.8 Å². The molecule has 2 aliphatic heterocycles. The lowest BCUT2D eigenvalue weighted by atomic mass is 10.1. The van der Waals surface area contributed by atoms with Crippen molar-refractivity contribution >= 4 is 23.3 Å². The van der Waals surface area contributed by atoms with Gasteiger partial charge in [0.1, 0.15) is 11.6 Å². The number of piperazine rings is 1. The Balaban J connectivity index is 1.26. The fourth-order valence-corrected chi connectivity index (χ4v) is 4.28. The average Bonchev–Trinajstić information content (AvgIpc) is 2.99. The fourth-order valence-electron chi connectivity index (χ4n) is 4.28. The third-order valence-electron chi connectivity index (χ3n) is 6.03. The van der Waals surface area contributed by atoms with Crippen LogP contribution in [0.4, 0.5) is 11.5 Å². The van der Waals surface area contributed by atoms with Crippen molar-refractivity contribution < 1.29 is 14.3 Å². The van der Waals surface area contributed by atoms with Crippen LogP contribution >= 0.6 is 0 Å². The highest BCUT2D eigenvalue weighted by Crippen LogP contribution is 2.35. The number of pyridine rings is 1. The number of hydrogen-bond donors (Lipinski definition) is 1. The minimum Gasteiger partial charge on any atom is -0.454 e. The van der Waals surface area contributed by atoms with Crippen LogP contribution in [-0.4, -0.2) is 66.9 Å². The molecule has 0 aliphatic carbocycles. The first-order valence-corrected chi connectivity index (χ1v) is 11.3. The average molecular weight is 458 g/mol. The quantitative estimate of drug-likeness (QED) is 0.647. The molecule has 8 nitrogen and oxygen atoms in total. The van der Waals surface area contributed by atoms with E-state index in [1.807, 2.05) is 43.4 Å². The molecule has 2 aromatic carbocycles. The maximum atomic E-state index is 13.2. The number of carbonyl (C=O) groups is 2. The van der Waals surface area contributed by atoms with Crippen molar-refractivity contribution in [1.82, 2.24) is 14.8 Å². The zero-order valence-corrected chi connectivity index (χ0v) is 19.3. The van der Waals surface area contributed by atoms with Crippen molar-refractivity contribution in [3.8, 4) is 11.5 Å². The maximum absolute atomic E-state index is 13.2. The number of anilines is 2. The van der Waals surface area contributed by atoms with Crippen molar-refractivity contribution in [2.75, 3.05) is 50.5 Å². The number of para-hydroxylation sites is 2. The second-order valence-corrected chi connectivity index (χ2v) is 8.80. The molecule has 0 radical (unpaired) electrons. The highest BCUT2D eigenvalue weighted by Gasteiger charge is 2.26. The third-order valence-corrected chi connectivity index (χ3v) is 6.03. The van der Waals surface area contributed by atoms with Crippen LogP contribution in [0.25, 0.3) is 0 Å². The van der Waals surface area contributed by atoms with Crippen LogP contribution in [0.2, 0.25) is 0 Å². The second-order valence-electron chi connectivity index (χ2n) is 8.80. The van der Waals surface area contributed by atoms with Crippen molar-refractivity contribution in [3.63, 3.8) is 0 Å². The Morgan fingerprint density at radius 3 is 2.56 bits per heavy atom. The maximum Gasteiger partial charge on any atom is 0.259 e. The normalized spacial score (nSPS) is 15.2. The van der Waals surface area contributed by atoms with Crippen molar-refractivity contribution in [1.29, 1.82) is 0 Å². The first kappa shape index (κ1) is 21.9. The van der Waals surface area contributed by atoms with Crippen LogP contribution in [-0.2, 0) is 6.54 Å². The molecule has 2 amide bonds. The molecule has 1 saturated heterocycles. The van der Waals surface area contributed by atoms with E-state index in [0.717, 1.165) is 12.4 Å². The standard InChI is InChI=1S/C26H27N5O3/c1-29(2)17-18-7-10-24(27-16-18)30-11-13-31(14-12-30)26(33)19-8-9-22-20(15-19)25(32)28-21-5-3-4-6-23(21)34-22/h3-10,15-16H,11-14,17H2,1-2H3,(H,28,32). The molecular weight excluding hydrogens is 430 g/mol. The summed E-state index contributed by atoms with van der Waals surface area (Å²) in [5.41, 5.74) is 2.60. The van der Waals surface area contributed by atoms with E-state index in [9.17, 15) is 9.59 Å². The van der Waals surface area contributed by atoms with Gasteiger partial charge in [-0.05, 0) is 56.1 Å². The molecule has 0 bridgehead atoms. The van der Waals surface area contributed by atoms with Crippen molar-refractivity contribution in [2.45, 2.75) is 6.54 Å². The van der Waals surface area contributed by atoms with Gasteiger partial charge in [-0.1, -0.05) is 18.2 Å². The molecule has 8 heteroatoms. The molecule has 3 heterocycles. The summed E-state index contributed by atoms with van der Waals surface area (Å²) in [5, 5.41) is 2.86. The van der Waals surface area contributed by atoms with Crippen molar-refractivity contribution in [2.24, 2.45) is 0 Å². The Kier molecular flexibility index (Phi) is 5.90. The molecule has 5 rings (SSSR count). The molecule has 2 aliphatic rings. The minimum atomic E-state index is -0.289. The van der Waals surface area contributed by atoms with Gasteiger partial charge in [-0.2, -0.15) is 0 Å². The van der Waals surface area contributed by atoms with E-state index in [4.69, 9.17) is 4.74 Å². The number of aromatic nitrogens is 1. The summed E-state index contributed by atoms with van der Waals surface area (Å²) in [6.07, 6.45) is 1.91. The summed E-state index contributed by atoms with van der Waals surface area (Å²) in [6, 6.07) is 16.4. The Morgan fingerprint density at radius 2 is 1.82 bits per heavy atom. The molecule has 1 fully saturated rings. The van der Waals surface area contributed by atoms with Crippen LogP contribution in [0.1, 0.15) is 26.3 Å². The number of benzene rings is 2. The topological polar surface area (TPSA) is 78.0 Å². The summed E-state index contributed by atoms with van der Waals surface area (Å²) in [6.45, 7) is 3.44. The van der Waals surface area contributed by atoms with Crippen LogP contribution in [0.3, 0.4) is 0 Å². The van der Waals surface area contributed by atoms with Crippen LogP contribution < -0.4 is 15.0 Å². The van der Waals surface area contributed by atoms with Gasteiger partial charge in [-0.3, -0.25) is 9.59 Å².